The van der Waals surface area contributed by atoms with Crippen LogP contribution in [0.4, 0.5) is 13.2 Å². The van der Waals surface area contributed by atoms with E-state index >= 15 is 0 Å². The average molecular weight is 455 g/mol. The summed E-state index contributed by atoms with van der Waals surface area (Å²) in [4.78, 5) is 38.3. The van der Waals surface area contributed by atoms with Gasteiger partial charge in [0.2, 0.25) is 0 Å². The fourth-order valence-electron chi connectivity index (χ4n) is 3.59. The molecule has 1 atom stereocenters. The van der Waals surface area contributed by atoms with E-state index in [1.165, 1.54) is 24.5 Å². The monoisotopic (exact) mass is 455 g/mol. The van der Waals surface area contributed by atoms with Gasteiger partial charge in [-0.05, 0) is 58.3 Å². The van der Waals surface area contributed by atoms with E-state index < -0.39 is 42.4 Å². The molecule has 1 unspecified atom stereocenters. The van der Waals surface area contributed by atoms with Crippen molar-refractivity contribution in [2.75, 3.05) is 6.61 Å². The van der Waals surface area contributed by atoms with Crippen LogP contribution in [0.15, 0.2) is 23.6 Å². The van der Waals surface area contributed by atoms with Gasteiger partial charge in [0.1, 0.15) is 5.83 Å². The van der Waals surface area contributed by atoms with Crippen molar-refractivity contribution in [1.29, 1.82) is 0 Å². The van der Waals surface area contributed by atoms with Gasteiger partial charge < -0.3 is 19.9 Å². The number of nitrogens with zero attached hydrogens (tertiary/aromatic N) is 1. The van der Waals surface area contributed by atoms with Gasteiger partial charge in [-0.3, -0.25) is 14.4 Å². The number of ketones is 1. The number of allylic oxidation sites excluding steroid dienone is 2. The Morgan fingerprint density at radius 2 is 1.88 bits per heavy atom. The summed E-state index contributed by atoms with van der Waals surface area (Å²) in [6.45, 7) is 4.22. The molecule has 0 spiro atoms. The third-order valence-corrected chi connectivity index (χ3v) is 5.33. The van der Waals surface area contributed by atoms with Crippen molar-refractivity contribution in [1.82, 2.24) is 15.2 Å². The second kappa shape index (κ2) is 9.72. The predicted molar refractivity (Wildman–Crippen MR) is 112 cm³/mol. The van der Waals surface area contributed by atoms with Gasteiger partial charge in [0.05, 0.1) is 29.4 Å². The minimum atomic E-state index is -3.00. The third kappa shape index (κ3) is 5.67. The van der Waals surface area contributed by atoms with Crippen molar-refractivity contribution in [2.24, 2.45) is 7.05 Å². The van der Waals surface area contributed by atoms with E-state index in [-0.39, 0.29) is 17.1 Å². The molecule has 1 aliphatic carbocycles. The normalized spacial score (nSPS) is 16.5. The largest absolute Gasteiger partial charge is 0.345 e. The summed E-state index contributed by atoms with van der Waals surface area (Å²) in [5, 5.41) is 5.19. The maximum absolute atomic E-state index is 13.5. The van der Waals surface area contributed by atoms with E-state index in [4.69, 9.17) is 0 Å². The van der Waals surface area contributed by atoms with Crippen LogP contribution in [0.2, 0.25) is 0 Å². The molecule has 1 aromatic rings. The lowest BCUT2D eigenvalue weighted by Gasteiger charge is -2.25. The summed E-state index contributed by atoms with van der Waals surface area (Å²) in [5.41, 5.74) is 0.329. The molecule has 0 radical (unpaired) electrons. The molecule has 0 bridgehead atoms. The van der Waals surface area contributed by atoms with Crippen LogP contribution in [0, 0.1) is 13.8 Å². The SMILES string of the molecule is CC1=C(F)C=CC(NC(=O)c2c(C)c(C(=O)C(=O)NC(C)(C)COC(F)F)n(C)c2C)C1. The number of Topliss-reactive ketones (excluding diaryl/α,β-unsaturated/α-hetero) is 1. The summed E-state index contributed by atoms with van der Waals surface area (Å²) in [7, 11) is 1.55. The van der Waals surface area contributed by atoms with E-state index in [9.17, 15) is 27.6 Å². The molecule has 10 heteroatoms. The average Bonchev–Trinajstić information content (AvgIpc) is 2.91. The number of alkyl halides is 2. The van der Waals surface area contributed by atoms with Gasteiger partial charge >= 0.3 is 6.61 Å². The van der Waals surface area contributed by atoms with Crippen LogP contribution < -0.4 is 10.6 Å². The fraction of sp³-hybridized carbons (Fsp3) is 0.500. The van der Waals surface area contributed by atoms with Crippen LogP contribution in [0.25, 0.3) is 0 Å². The molecule has 2 N–H and O–H groups in total. The summed E-state index contributed by atoms with van der Waals surface area (Å²) < 4.78 is 43.8. The Bertz CT molecular complexity index is 993. The number of ether oxygens (including phenoxy) is 1. The highest BCUT2D eigenvalue weighted by Crippen LogP contribution is 2.24. The van der Waals surface area contributed by atoms with Crippen LogP contribution in [-0.4, -0.2) is 47.0 Å². The Morgan fingerprint density at radius 1 is 1.25 bits per heavy atom. The van der Waals surface area contributed by atoms with Crippen molar-refractivity contribution in [3.8, 4) is 0 Å². The van der Waals surface area contributed by atoms with Gasteiger partial charge in [-0.1, -0.05) is 6.08 Å². The Kier molecular flexibility index (Phi) is 7.71. The number of nitrogens with one attached hydrogen (secondary N) is 2. The Hall–Kier alpha value is -2.88. The van der Waals surface area contributed by atoms with E-state index in [2.05, 4.69) is 15.4 Å². The summed E-state index contributed by atoms with van der Waals surface area (Å²) >= 11 is 0. The van der Waals surface area contributed by atoms with Crippen molar-refractivity contribution in [3.63, 3.8) is 0 Å². The van der Waals surface area contributed by atoms with E-state index in [0.29, 0.717) is 23.3 Å². The molecule has 0 aliphatic heterocycles. The maximum atomic E-state index is 13.5. The van der Waals surface area contributed by atoms with Gasteiger partial charge in [-0.15, -0.1) is 0 Å². The molecule has 176 valence electrons. The zero-order valence-corrected chi connectivity index (χ0v) is 18.9. The molecule has 2 rings (SSSR count). The van der Waals surface area contributed by atoms with Crippen LogP contribution >= 0.6 is 0 Å². The molecule has 0 saturated carbocycles. The zero-order valence-electron chi connectivity index (χ0n) is 18.9. The van der Waals surface area contributed by atoms with Crippen molar-refractivity contribution in [3.05, 3.63) is 46.1 Å². The number of aromatic nitrogens is 1. The predicted octanol–water partition coefficient (Wildman–Crippen LogP) is 3.26. The first-order valence-corrected chi connectivity index (χ1v) is 10.0. The molecule has 1 aromatic heterocycles. The Labute approximate surface area is 184 Å². The number of amides is 2. The smallest absolute Gasteiger partial charge is 0.345 e. The topological polar surface area (TPSA) is 89.4 Å². The van der Waals surface area contributed by atoms with Gasteiger partial charge in [0.25, 0.3) is 17.6 Å². The third-order valence-electron chi connectivity index (χ3n) is 5.33. The van der Waals surface area contributed by atoms with E-state index in [1.807, 2.05) is 0 Å². The minimum absolute atomic E-state index is 0.0111. The molecule has 0 aromatic carbocycles. The standard InChI is InChI=1S/C22H28F3N3O4/c1-11-9-14(7-8-15(11)23)26-19(30)16-12(2)17(28(6)13(16)3)18(29)20(31)27-22(4,5)10-32-21(24)25/h7-8,14,21H,9-10H2,1-6H3,(H,26,30)(H,27,31). The number of rotatable bonds is 8. The van der Waals surface area contributed by atoms with E-state index in [0.717, 1.165) is 0 Å². The number of hydrogen-bond acceptors (Lipinski definition) is 4. The minimum Gasteiger partial charge on any atom is -0.345 e. The number of halogens is 3. The van der Waals surface area contributed by atoms with Gasteiger partial charge in [-0.25, -0.2) is 4.39 Å². The second-order valence-corrected chi connectivity index (χ2v) is 8.50. The second-order valence-electron chi connectivity index (χ2n) is 8.50. The highest BCUT2D eigenvalue weighted by atomic mass is 19.3. The van der Waals surface area contributed by atoms with E-state index in [1.54, 1.807) is 33.9 Å². The molecule has 7 nitrogen and oxygen atoms in total. The first-order valence-electron chi connectivity index (χ1n) is 10.0. The highest BCUT2D eigenvalue weighted by molar-refractivity contribution is 6.43. The van der Waals surface area contributed by atoms with Crippen LogP contribution in [0.1, 0.15) is 59.3 Å². The summed E-state index contributed by atoms with van der Waals surface area (Å²) in [6, 6.07) is -0.404. The number of carbonyl (C=O) groups is 3. The molecule has 0 fully saturated rings. The first-order chi connectivity index (χ1) is 14.7. The molecule has 2 amide bonds. The number of carbonyl (C=O) groups excluding carboxylic acids is 3. The van der Waals surface area contributed by atoms with Crippen molar-refractivity contribution >= 4 is 17.6 Å². The molecular formula is C22H28F3N3O4. The molecular weight excluding hydrogens is 427 g/mol. The van der Waals surface area contributed by atoms with Crippen LogP contribution in [0.3, 0.4) is 0 Å². The molecule has 1 aliphatic rings. The van der Waals surface area contributed by atoms with Crippen molar-refractivity contribution in [2.45, 2.75) is 59.2 Å². The lowest BCUT2D eigenvalue weighted by Crippen LogP contribution is -2.50. The van der Waals surface area contributed by atoms with Crippen molar-refractivity contribution < 1.29 is 32.3 Å². The lowest BCUT2D eigenvalue weighted by atomic mass is 10.00. The zero-order chi connectivity index (χ0) is 24.4. The first kappa shape index (κ1) is 25.4. The Morgan fingerprint density at radius 3 is 2.44 bits per heavy atom. The highest BCUT2D eigenvalue weighted by Gasteiger charge is 2.32. The number of hydrogen-bond donors (Lipinski definition) is 2. The molecule has 0 saturated heterocycles. The summed E-state index contributed by atoms with van der Waals surface area (Å²) in [6.07, 6.45) is 3.17. The van der Waals surface area contributed by atoms with Gasteiger partial charge in [-0.2, -0.15) is 8.78 Å². The van der Waals surface area contributed by atoms with Gasteiger partial charge in [0, 0.05) is 12.7 Å². The lowest BCUT2D eigenvalue weighted by molar-refractivity contribution is -0.144. The molecule has 1 heterocycles. The summed E-state index contributed by atoms with van der Waals surface area (Å²) in [5.74, 6) is -2.69. The quantitative estimate of drug-likeness (QED) is 0.465. The molecule has 32 heavy (non-hydrogen) atoms. The van der Waals surface area contributed by atoms with Gasteiger partial charge in [0.15, 0.2) is 0 Å². The van der Waals surface area contributed by atoms with Crippen LogP contribution in [0.5, 0.6) is 0 Å². The van der Waals surface area contributed by atoms with Crippen LogP contribution in [-0.2, 0) is 16.6 Å². The Balaban J connectivity index is 2.21. The maximum Gasteiger partial charge on any atom is 0.345 e. The fourth-order valence-corrected chi connectivity index (χ4v) is 3.59.